The van der Waals surface area contributed by atoms with E-state index in [1.54, 1.807) is 18.2 Å². The highest BCUT2D eigenvalue weighted by atomic mass is 19.4. The molecule has 2 amide bonds. The molecular formula is C16H17F3N4O4. The molecule has 2 rings (SSSR count). The molecule has 1 aromatic carbocycles. The van der Waals surface area contributed by atoms with Crippen molar-refractivity contribution >= 4 is 12.0 Å². The molecule has 0 radical (unpaired) electrons. The molecule has 3 N–H and O–H groups in total. The number of alkyl halides is 3. The smallest absolute Gasteiger partial charge is 0.406 e. The zero-order chi connectivity index (χ0) is 20.2. The van der Waals surface area contributed by atoms with E-state index in [2.05, 4.69) is 20.5 Å². The molecule has 1 aromatic heterocycles. The molecular weight excluding hydrogens is 369 g/mol. The number of ether oxygens (including phenoxy) is 1. The maximum atomic E-state index is 12.9. The van der Waals surface area contributed by atoms with Crippen LogP contribution < -0.4 is 15.4 Å². The molecule has 8 nitrogen and oxygen atoms in total. The number of hydrogen-bond acceptors (Lipinski definition) is 5. The number of hydrogen-bond donors (Lipinski definition) is 3. The van der Waals surface area contributed by atoms with Crippen LogP contribution in [0.5, 0.6) is 5.75 Å². The minimum absolute atomic E-state index is 0.323. The number of aryl methyl sites for hydroxylation is 1. The van der Waals surface area contributed by atoms with Crippen molar-refractivity contribution in [3.05, 3.63) is 47.8 Å². The number of aliphatic hydroxyl groups excluding tert-OH is 1. The third-order valence-corrected chi connectivity index (χ3v) is 3.53. The molecule has 11 heteroatoms. The summed E-state index contributed by atoms with van der Waals surface area (Å²) in [6, 6.07) is 6.48. The molecule has 0 bridgehead atoms. The number of carbonyl (C=O) groups is 2. The molecule has 2 aromatic rings. The number of rotatable bonds is 5. The monoisotopic (exact) mass is 386 g/mol. The van der Waals surface area contributed by atoms with Gasteiger partial charge in [-0.05, 0) is 5.56 Å². The molecule has 146 valence electrons. The summed E-state index contributed by atoms with van der Waals surface area (Å²) in [6.07, 6.45) is -6.77. The van der Waals surface area contributed by atoms with E-state index in [1.165, 1.54) is 26.2 Å². The summed E-state index contributed by atoms with van der Waals surface area (Å²) in [4.78, 5) is 24.0. The van der Waals surface area contributed by atoms with E-state index < -0.39 is 41.8 Å². The first-order valence-corrected chi connectivity index (χ1v) is 7.67. The van der Waals surface area contributed by atoms with Gasteiger partial charge in [0.1, 0.15) is 12.1 Å². The minimum Gasteiger partial charge on any atom is -0.406 e. The van der Waals surface area contributed by atoms with Crippen LogP contribution >= 0.6 is 0 Å². The number of amides is 2. The molecule has 0 aliphatic rings. The van der Waals surface area contributed by atoms with Gasteiger partial charge in [-0.25, -0.2) is 4.79 Å². The molecule has 2 atom stereocenters. The summed E-state index contributed by atoms with van der Waals surface area (Å²) in [5, 5.41) is 17.9. The van der Waals surface area contributed by atoms with Gasteiger partial charge in [-0.3, -0.25) is 9.48 Å². The van der Waals surface area contributed by atoms with Crippen LogP contribution in [0.15, 0.2) is 36.5 Å². The van der Waals surface area contributed by atoms with E-state index >= 15 is 0 Å². The molecule has 0 aliphatic heterocycles. The van der Waals surface area contributed by atoms with Gasteiger partial charge in [-0.2, -0.15) is 18.3 Å². The van der Waals surface area contributed by atoms with Crippen LogP contribution in [0.4, 0.5) is 18.0 Å². The van der Waals surface area contributed by atoms with Crippen LogP contribution in [0.1, 0.15) is 17.4 Å². The van der Waals surface area contributed by atoms with Crippen LogP contribution in [0.3, 0.4) is 0 Å². The van der Waals surface area contributed by atoms with Crippen LogP contribution in [-0.2, 0) is 18.0 Å². The minimum atomic E-state index is -4.83. The van der Waals surface area contributed by atoms with Crippen LogP contribution in [0, 0.1) is 0 Å². The van der Waals surface area contributed by atoms with Crippen molar-refractivity contribution in [3.63, 3.8) is 0 Å². The number of aromatic nitrogens is 2. The van der Waals surface area contributed by atoms with Crippen molar-refractivity contribution in [1.82, 2.24) is 20.4 Å². The average Bonchev–Trinajstić information content (AvgIpc) is 2.99. The Bertz CT molecular complexity index is 808. The number of carbonyl (C=O) groups excluding carboxylic acids is 2. The van der Waals surface area contributed by atoms with Gasteiger partial charge in [0, 0.05) is 14.1 Å². The van der Waals surface area contributed by atoms with Crippen molar-refractivity contribution in [2.75, 3.05) is 7.05 Å². The van der Waals surface area contributed by atoms with Gasteiger partial charge in [0.25, 0.3) is 0 Å². The number of likely N-dealkylation sites (N-methyl/N-ethyl adjacent to an activating group) is 1. The Morgan fingerprint density at radius 3 is 2.44 bits per heavy atom. The van der Waals surface area contributed by atoms with Gasteiger partial charge in [-0.15, -0.1) is 0 Å². The topological polar surface area (TPSA) is 105 Å². The van der Waals surface area contributed by atoms with E-state index in [0.29, 0.717) is 5.56 Å². The number of halogens is 3. The van der Waals surface area contributed by atoms with Gasteiger partial charge < -0.3 is 20.5 Å². The quantitative estimate of drug-likeness (QED) is 0.720. The normalized spacial score (nSPS) is 13.6. The first-order valence-electron chi connectivity index (χ1n) is 7.67. The van der Waals surface area contributed by atoms with Crippen molar-refractivity contribution < 1.29 is 32.6 Å². The molecule has 0 saturated carbocycles. The molecule has 2 unspecified atom stereocenters. The van der Waals surface area contributed by atoms with Crippen LogP contribution in [0.2, 0.25) is 0 Å². The molecule has 0 aliphatic carbocycles. The average molecular weight is 386 g/mol. The van der Waals surface area contributed by atoms with E-state index in [0.717, 1.165) is 10.9 Å². The zero-order valence-corrected chi connectivity index (χ0v) is 14.3. The van der Waals surface area contributed by atoms with Crippen LogP contribution in [-0.4, -0.2) is 40.0 Å². The number of nitrogens with zero attached hydrogens (tertiary/aromatic N) is 2. The summed E-state index contributed by atoms with van der Waals surface area (Å²) < 4.78 is 44.2. The number of benzene rings is 1. The third-order valence-electron chi connectivity index (χ3n) is 3.53. The maximum absolute atomic E-state index is 12.9. The summed E-state index contributed by atoms with van der Waals surface area (Å²) in [7, 11) is 2.51. The van der Waals surface area contributed by atoms with Gasteiger partial charge >= 0.3 is 12.3 Å². The lowest BCUT2D eigenvalue weighted by Crippen LogP contribution is -2.50. The summed E-state index contributed by atoms with van der Waals surface area (Å²) in [5.74, 6) is -1.59. The van der Waals surface area contributed by atoms with E-state index in [9.17, 15) is 27.9 Å². The fraction of sp³-hybridized carbons (Fsp3) is 0.312. The lowest BCUT2D eigenvalue weighted by atomic mass is 10.0. The lowest BCUT2D eigenvalue weighted by molar-refractivity contribution is -0.142. The third kappa shape index (κ3) is 4.97. The van der Waals surface area contributed by atoms with Crippen molar-refractivity contribution in [2.45, 2.75) is 18.3 Å². The summed E-state index contributed by atoms with van der Waals surface area (Å²) >= 11 is 0. The highest BCUT2D eigenvalue weighted by Crippen LogP contribution is 2.34. The first kappa shape index (κ1) is 20.2. The Morgan fingerprint density at radius 1 is 1.26 bits per heavy atom. The van der Waals surface area contributed by atoms with Gasteiger partial charge in [0.05, 0.1) is 6.20 Å². The Hall–Kier alpha value is -3.08. The van der Waals surface area contributed by atoms with Gasteiger partial charge in [0.2, 0.25) is 11.6 Å². The number of nitrogens with one attached hydrogen (secondary N) is 2. The Morgan fingerprint density at radius 2 is 1.89 bits per heavy atom. The molecule has 0 saturated heterocycles. The molecule has 1 heterocycles. The van der Waals surface area contributed by atoms with E-state index in [1.807, 2.05) is 0 Å². The highest BCUT2D eigenvalue weighted by molar-refractivity contribution is 5.86. The Labute approximate surface area is 151 Å². The first-order chi connectivity index (χ1) is 12.6. The SMILES string of the molecule is CNC(=O)C(NC(=O)Oc1cn(C)nc1C(F)(F)F)C(O)c1ccccc1. The maximum Gasteiger partial charge on any atom is 0.438 e. The summed E-state index contributed by atoms with van der Waals surface area (Å²) in [6.45, 7) is 0. The zero-order valence-electron chi connectivity index (χ0n) is 14.3. The predicted octanol–water partition coefficient (Wildman–Crippen LogP) is 1.38. The second kappa shape index (κ2) is 8.08. The second-order valence-electron chi connectivity index (χ2n) is 5.49. The Balaban J connectivity index is 2.19. The van der Waals surface area contributed by atoms with Crippen LogP contribution in [0.25, 0.3) is 0 Å². The predicted molar refractivity (Wildman–Crippen MR) is 86.6 cm³/mol. The fourth-order valence-electron chi connectivity index (χ4n) is 2.28. The Kier molecular flexibility index (Phi) is 6.05. The second-order valence-corrected chi connectivity index (χ2v) is 5.49. The van der Waals surface area contributed by atoms with Crippen molar-refractivity contribution in [3.8, 4) is 5.75 Å². The summed E-state index contributed by atoms with van der Waals surface area (Å²) in [5.41, 5.74) is -1.07. The molecule has 0 fully saturated rings. The van der Waals surface area contributed by atoms with Crippen molar-refractivity contribution in [1.29, 1.82) is 0 Å². The van der Waals surface area contributed by atoms with Gasteiger partial charge in [0.15, 0.2) is 5.75 Å². The highest BCUT2D eigenvalue weighted by Gasteiger charge is 2.39. The standard InChI is InChI=1S/C16H17F3N4O4/c1-20-14(25)11(12(24)9-6-4-3-5-7-9)21-15(26)27-10-8-23(2)22-13(10)16(17,18)19/h3-8,11-12,24H,1-2H3,(H,20,25)(H,21,26). The van der Waals surface area contributed by atoms with E-state index in [-0.39, 0.29) is 0 Å². The molecule has 27 heavy (non-hydrogen) atoms. The fourth-order valence-corrected chi connectivity index (χ4v) is 2.28. The lowest BCUT2D eigenvalue weighted by Gasteiger charge is -2.22. The van der Waals surface area contributed by atoms with Crippen molar-refractivity contribution in [2.24, 2.45) is 7.05 Å². The largest absolute Gasteiger partial charge is 0.438 e. The van der Waals surface area contributed by atoms with E-state index in [4.69, 9.17) is 0 Å². The molecule has 0 spiro atoms. The van der Waals surface area contributed by atoms with Gasteiger partial charge in [-0.1, -0.05) is 30.3 Å². The number of aliphatic hydroxyl groups is 1.